The zero-order chi connectivity index (χ0) is 27.9. The lowest BCUT2D eigenvalue weighted by atomic mass is 10.1. The molecule has 0 aliphatic rings. The van der Waals surface area contributed by atoms with Crippen molar-refractivity contribution in [2.75, 3.05) is 17.4 Å². The maximum absolute atomic E-state index is 13.8. The van der Waals surface area contributed by atoms with Gasteiger partial charge in [0.1, 0.15) is 24.2 Å². The number of anilines is 1. The van der Waals surface area contributed by atoms with Crippen molar-refractivity contribution in [1.29, 1.82) is 0 Å². The number of nitrogens with zero attached hydrogens (tertiary/aromatic N) is 2. The monoisotopic (exact) mass is 543 g/mol. The van der Waals surface area contributed by atoms with Gasteiger partial charge in [0.05, 0.1) is 10.6 Å². The molecular weight excluding hydrogens is 512 g/mol. The molecule has 0 radical (unpaired) electrons. The Morgan fingerprint density at radius 1 is 0.868 bits per heavy atom. The third-order valence-corrected chi connectivity index (χ3v) is 7.79. The topological polar surface area (TPSA) is 86.8 Å². The number of aryl methyl sites for hydroxylation is 1. The van der Waals surface area contributed by atoms with Crippen LogP contribution >= 0.6 is 0 Å². The van der Waals surface area contributed by atoms with E-state index in [0.717, 1.165) is 34.1 Å². The lowest BCUT2D eigenvalue weighted by Gasteiger charge is -2.33. The Labute approximate surface area is 222 Å². The third kappa shape index (κ3) is 6.95. The summed E-state index contributed by atoms with van der Waals surface area (Å²) in [6.45, 7) is 5.05. The van der Waals surface area contributed by atoms with Crippen LogP contribution < -0.4 is 9.62 Å². The molecule has 1 atom stereocenters. The SMILES string of the molecule is CCNC(=O)[C@@H](CC)N(Cc1ccc(F)cc1)C(=O)CN(c1ccc(C)cc1)S(=O)(=O)c1ccc(F)cc1. The molecule has 0 aliphatic heterocycles. The van der Waals surface area contributed by atoms with Gasteiger partial charge in [-0.1, -0.05) is 36.8 Å². The van der Waals surface area contributed by atoms with Crippen LogP contribution in [-0.2, 0) is 26.2 Å². The molecule has 0 aromatic heterocycles. The number of carbonyl (C=O) groups is 2. The van der Waals surface area contributed by atoms with Gasteiger partial charge in [-0.2, -0.15) is 0 Å². The summed E-state index contributed by atoms with van der Waals surface area (Å²) in [5.41, 5.74) is 1.70. The van der Waals surface area contributed by atoms with Crippen LogP contribution in [0.5, 0.6) is 0 Å². The number of rotatable bonds is 11. The van der Waals surface area contributed by atoms with E-state index in [-0.39, 0.29) is 29.5 Å². The number of nitrogens with one attached hydrogen (secondary N) is 1. The molecule has 0 saturated heterocycles. The van der Waals surface area contributed by atoms with Gasteiger partial charge >= 0.3 is 0 Å². The van der Waals surface area contributed by atoms with E-state index in [4.69, 9.17) is 0 Å². The van der Waals surface area contributed by atoms with Crippen molar-refractivity contribution in [3.63, 3.8) is 0 Å². The number of benzene rings is 3. The Kier molecular flexibility index (Phi) is 9.57. The standard InChI is InChI=1S/C28H31F2N3O4S/c1-4-26(28(35)31-5-2)32(18-21-8-10-22(29)11-9-21)27(34)19-33(24-14-6-20(3)7-15-24)38(36,37)25-16-12-23(30)13-17-25/h6-17,26H,4-5,18-19H2,1-3H3,(H,31,35)/t26-/m1/s1. The molecule has 202 valence electrons. The predicted molar refractivity (Wildman–Crippen MR) is 142 cm³/mol. The van der Waals surface area contributed by atoms with E-state index in [2.05, 4.69) is 5.32 Å². The van der Waals surface area contributed by atoms with Crippen molar-refractivity contribution < 1.29 is 26.8 Å². The third-order valence-electron chi connectivity index (χ3n) is 6.01. The molecule has 0 spiro atoms. The molecule has 7 nitrogen and oxygen atoms in total. The zero-order valence-electron chi connectivity index (χ0n) is 21.5. The lowest BCUT2D eigenvalue weighted by Crippen LogP contribution is -2.52. The fourth-order valence-electron chi connectivity index (χ4n) is 3.97. The van der Waals surface area contributed by atoms with Crippen LogP contribution in [0.1, 0.15) is 31.4 Å². The summed E-state index contributed by atoms with van der Waals surface area (Å²) in [6.07, 6.45) is 0.272. The van der Waals surface area contributed by atoms with Gasteiger partial charge in [0.15, 0.2) is 0 Å². The average Bonchev–Trinajstić information content (AvgIpc) is 2.89. The Morgan fingerprint density at radius 3 is 1.95 bits per heavy atom. The first-order valence-corrected chi connectivity index (χ1v) is 13.7. The van der Waals surface area contributed by atoms with Gasteiger partial charge in [-0.25, -0.2) is 17.2 Å². The van der Waals surface area contributed by atoms with E-state index in [1.807, 2.05) is 6.92 Å². The van der Waals surface area contributed by atoms with Gasteiger partial charge in [0.25, 0.3) is 10.0 Å². The molecule has 0 saturated carbocycles. The Hall–Kier alpha value is -3.79. The van der Waals surface area contributed by atoms with E-state index in [1.165, 1.54) is 29.2 Å². The molecule has 38 heavy (non-hydrogen) atoms. The highest BCUT2D eigenvalue weighted by Gasteiger charge is 2.33. The Morgan fingerprint density at radius 2 is 1.42 bits per heavy atom. The number of likely N-dealkylation sites (N-methyl/N-ethyl adjacent to an activating group) is 1. The molecule has 3 aromatic carbocycles. The average molecular weight is 544 g/mol. The summed E-state index contributed by atoms with van der Waals surface area (Å²) < 4.78 is 55.3. The maximum atomic E-state index is 13.8. The van der Waals surface area contributed by atoms with Gasteiger partial charge in [-0.05, 0) is 74.4 Å². The smallest absolute Gasteiger partial charge is 0.264 e. The summed E-state index contributed by atoms with van der Waals surface area (Å²) in [4.78, 5) is 27.8. The molecule has 0 aliphatic carbocycles. The quantitative estimate of drug-likeness (QED) is 0.388. The van der Waals surface area contributed by atoms with Crippen LogP contribution in [0.25, 0.3) is 0 Å². The molecule has 0 heterocycles. The van der Waals surface area contributed by atoms with Gasteiger partial charge in [-0.3, -0.25) is 13.9 Å². The fourth-order valence-corrected chi connectivity index (χ4v) is 5.39. The summed E-state index contributed by atoms with van der Waals surface area (Å²) in [5.74, 6) is -2.05. The van der Waals surface area contributed by atoms with Crippen molar-refractivity contribution in [3.8, 4) is 0 Å². The summed E-state index contributed by atoms with van der Waals surface area (Å²) in [5, 5.41) is 2.72. The largest absolute Gasteiger partial charge is 0.355 e. The van der Waals surface area contributed by atoms with Crippen molar-refractivity contribution in [1.82, 2.24) is 10.2 Å². The fraction of sp³-hybridized carbons (Fsp3) is 0.286. The number of amides is 2. The van der Waals surface area contributed by atoms with E-state index in [9.17, 15) is 26.8 Å². The highest BCUT2D eigenvalue weighted by molar-refractivity contribution is 7.92. The Balaban J connectivity index is 2.04. The maximum Gasteiger partial charge on any atom is 0.264 e. The van der Waals surface area contributed by atoms with Crippen molar-refractivity contribution >= 4 is 27.5 Å². The van der Waals surface area contributed by atoms with Crippen LogP contribution in [-0.4, -0.2) is 44.3 Å². The van der Waals surface area contributed by atoms with Crippen LogP contribution in [0.2, 0.25) is 0 Å². The van der Waals surface area contributed by atoms with Gasteiger partial charge < -0.3 is 10.2 Å². The van der Waals surface area contributed by atoms with E-state index < -0.39 is 40.2 Å². The molecule has 3 rings (SSSR count). The van der Waals surface area contributed by atoms with E-state index in [0.29, 0.717) is 12.1 Å². The molecule has 0 bridgehead atoms. The van der Waals surface area contributed by atoms with Crippen molar-refractivity contribution in [3.05, 3.63) is 95.6 Å². The second kappa shape index (κ2) is 12.6. The normalized spacial score (nSPS) is 12.0. The minimum atomic E-state index is -4.28. The highest BCUT2D eigenvalue weighted by Crippen LogP contribution is 2.25. The van der Waals surface area contributed by atoms with Crippen LogP contribution in [0.4, 0.5) is 14.5 Å². The lowest BCUT2D eigenvalue weighted by molar-refractivity contribution is -0.140. The molecule has 2 amide bonds. The molecular formula is C28H31F2N3O4S. The minimum absolute atomic E-state index is 0.0346. The second-order valence-electron chi connectivity index (χ2n) is 8.77. The van der Waals surface area contributed by atoms with Crippen LogP contribution in [0.15, 0.2) is 77.7 Å². The first-order valence-electron chi connectivity index (χ1n) is 12.2. The first-order chi connectivity index (χ1) is 18.1. The summed E-state index contributed by atoms with van der Waals surface area (Å²) >= 11 is 0. The second-order valence-corrected chi connectivity index (χ2v) is 10.6. The van der Waals surface area contributed by atoms with E-state index >= 15 is 0 Å². The number of halogens is 2. The predicted octanol–water partition coefficient (Wildman–Crippen LogP) is 4.41. The number of hydrogen-bond acceptors (Lipinski definition) is 4. The molecule has 0 fully saturated rings. The summed E-state index contributed by atoms with van der Waals surface area (Å²) in [7, 11) is -4.28. The molecule has 1 N–H and O–H groups in total. The minimum Gasteiger partial charge on any atom is -0.355 e. The number of carbonyl (C=O) groups excluding carboxylic acids is 2. The Bertz CT molecular complexity index is 1350. The van der Waals surface area contributed by atoms with Gasteiger partial charge in [-0.15, -0.1) is 0 Å². The van der Waals surface area contributed by atoms with Gasteiger partial charge in [0, 0.05) is 13.1 Å². The molecule has 0 unspecified atom stereocenters. The first kappa shape index (κ1) is 28.8. The van der Waals surface area contributed by atoms with Crippen LogP contribution in [0, 0.1) is 18.6 Å². The van der Waals surface area contributed by atoms with E-state index in [1.54, 1.807) is 38.1 Å². The van der Waals surface area contributed by atoms with Gasteiger partial charge in [0.2, 0.25) is 11.8 Å². The van der Waals surface area contributed by atoms with Crippen LogP contribution in [0.3, 0.4) is 0 Å². The molecule has 3 aromatic rings. The zero-order valence-corrected chi connectivity index (χ0v) is 22.3. The number of sulfonamides is 1. The number of hydrogen-bond donors (Lipinski definition) is 1. The summed E-state index contributed by atoms with van der Waals surface area (Å²) in [6, 6.07) is 15.6. The van der Waals surface area contributed by atoms with Crippen molar-refractivity contribution in [2.24, 2.45) is 0 Å². The molecule has 10 heteroatoms. The van der Waals surface area contributed by atoms with Crippen molar-refractivity contribution in [2.45, 2.75) is 44.7 Å². The highest BCUT2D eigenvalue weighted by atomic mass is 32.2.